The van der Waals surface area contributed by atoms with Gasteiger partial charge in [-0.2, -0.15) is 0 Å². The fourth-order valence-corrected chi connectivity index (χ4v) is 2.92. The Hall–Kier alpha value is -1.63. The monoisotopic (exact) mass is 399 g/mol. The minimum atomic E-state index is -0.986. The van der Waals surface area contributed by atoms with Crippen molar-refractivity contribution in [1.29, 1.82) is 0 Å². The molecule has 3 atom stereocenters. The number of carboxylic acids is 1. The third-order valence-corrected chi connectivity index (χ3v) is 5.06. The molecule has 7 heteroatoms. The van der Waals surface area contributed by atoms with E-state index in [9.17, 15) is 14.4 Å². The van der Waals surface area contributed by atoms with Crippen LogP contribution in [0, 0.1) is 11.8 Å². The van der Waals surface area contributed by atoms with Gasteiger partial charge in [0, 0.05) is 24.9 Å². The molecule has 7 nitrogen and oxygen atoms in total. The van der Waals surface area contributed by atoms with E-state index >= 15 is 0 Å². The van der Waals surface area contributed by atoms with Crippen molar-refractivity contribution < 1.29 is 19.5 Å². The third-order valence-electron chi connectivity index (χ3n) is 5.06. The van der Waals surface area contributed by atoms with Crippen molar-refractivity contribution in [3.05, 3.63) is 0 Å². The lowest BCUT2D eigenvalue weighted by Crippen LogP contribution is -2.32. The Balaban J connectivity index is 3.69. The SMILES string of the molecule is CCCCCC(C)C(=O)NCCCCC(C)C(=O)NCCCCC(N)C(=O)O. The predicted molar refractivity (Wildman–Crippen MR) is 112 cm³/mol. The number of hydrogen-bond acceptors (Lipinski definition) is 4. The van der Waals surface area contributed by atoms with Crippen LogP contribution in [-0.2, 0) is 14.4 Å². The smallest absolute Gasteiger partial charge is 0.320 e. The second-order valence-electron chi connectivity index (χ2n) is 7.82. The molecule has 0 fully saturated rings. The molecule has 0 radical (unpaired) electrons. The van der Waals surface area contributed by atoms with Gasteiger partial charge in [-0.05, 0) is 38.5 Å². The minimum Gasteiger partial charge on any atom is -0.480 e. The maximum Gasteiger partial charge on any atom is 0.320 e. The molecule has 0 rings (SSSR count). The molecule has 0 heterocycles. The van der Waals surface area contributed by atoms with E-state index in [0.29, 0.717) is 25.9 Å². The molecule has 0 saturated heterocycles. The molecule has 0 bridgehead atoms. The van der Waals surface area contributed by atoms with Crippen molar-refractivity contribution in [1.82, 2.24) is 10.6 Å². The number of aliphatic carboxylic acids is 1. The lowest BCUT2D eigenvalue weighted by molar-refractivity contribution is -0.138. The number of nitrogens with one attached hydrogen (secondary N) is 2. The van der Waals surface area contributed by atoms with Crippen molar-refractivity contribution in [3.63, 3.8) is 0 Å². The molecule has 0 aliphatic heterocycles. The number of carbonyl (C=O) groups excluding carboxylic acids is 2. The van der Waals surface area contributed by atoms with E-state index in [1.807, 2.05) is 13.8 Å². The first-order valence-electron chi connectivity index (χ1n) is 10.8. The molecule has 0 spiro atoms. The summed E-state index contributed by atoms with van der Waals surface area (Å²) in [5, 5.41) is 14.6. The summed E-state index contributed by atoms with van der Waals surface area (Å²) in [6.07, 6.45) is 8.77. The summed E-state index contributed by atoms with van der Waals surface area (Å²) in [5.41, 5.74) is 5.44. The molecule has 0 aromatic rings. The summed E-state index contributed by atoms with van der Waals surface area (Å²) >= 11 is 0. The molecule has 164 valence electrons. The molecule has 0 aromatic heterocycles. The van der Waals surface area contributed by atoms with Crippen LogP contribution in [0.4, 0.5) is 0 Å². The van der Waals surface area contributed by atoms with Crippen LogP contribution in [0.15, 0.2) is 0 Å². The number of rotatable bonds is 17. The molecular weight excluding hydrogens is 358 g/mol. The molecule has 28 heavy (non-hydrogen) atoms. The van der Waals surface area contributed by atoms with Crippen molar-refractivity contribution in [2.45, 2.75) is 91.0 Å². The van der Waals surface area contributed by atoms with Crippen LogP contribution >= 0.6 is 0 Å². The molecule has 0 aliphatic rings. The first-order chi connectivity index (χ1) is 13.3. The van der Waals surface area contributed by atoms with Gasteiger partial charge in [-0.1, -0.05) is 46.5 Å². The van der Waals surface area contributed by atoms with Gasteiger partial charge in [0.1, 0.15) is 6.04 Å². The number of carboxylic acid groups (broad SMARTS) is 1. The van der Waals surface area contributed by atoms with Gasteiger partial charge in [0.25, 0.3) is 0 Å². The fourth-order valence-electron chi connectivity index (χ4n) is 2.92. The van der Waals surface area contributed by atoms with Crippen molar-refractivity contribution >= 4 is 17.8 Å². The Morgan fingerprint density at radius 1 is 0.786 bits per heavy atom. The maximum atomic E-state index is 12.0. The Morgan fingerprint density at radius 2 is 1.21 bits per heavy atom. The van der Waals surface area contributed by atoms with E-state index < -0.39 is 12.0 Å². The molecule has 5 N–H and O–H groups in total. The number of unbranched alkanes of at least 4 members (excludes halogenated alkanes) is 4. The Labute approximate surface area is 170 Å². The van der Waals surface area contributed by atoms with Crippen molar-refractivity contribution in [2.75, 3.05) is 13.1 Å². The molecule has 3 unspecified atom stereocenters. The molecule has 0 aromatic carbocycles. The quantitative estimate of drug-likeness (QED) is 0.280. The highest BCUT2D eigenvalue weighted by atomic mass is 16.4. The van der Waals surface area contributed by atoms with Crippen LogP contribution in [0.2, 0.25) is 0 Å². The van der Waals surface area contributed by atoms with Gasteiger partial charge in [0.05, 0.1) is 0 Å². The zero-order chi connectivity index (χ0) is 21.4. The van der Waals surface area contributed by atoms with E-state index in [0.717, 1.165) is 38.5 Å². The zero-order valence-corrected chi connectivity index (χ0v) is 18.0. The van der Waals surface area contributed by atoms with Crippen LogP contribution in [0.5, 0.6) is 0 Å². The largest absolute Gasteiger partial charge is 0.480 e. The topological polar surface area (TPSA) is 122 Å². The third kappa shape index (κ3) is 13.5. The average molecular weight is 400 g/mol. The summed E-state index contributed by atoms with van der Waals surface area (Å²) in [7, 11) is 0. The first-order valence-corrected chi connectivity index (χ1v) is 10.8. The van der Waals surface area contributed by atoms with Crippen LogP contribution in [0.1, 0.15) is 85.0 Å². The van der Waals surface area contributed by atoms with Gasteiger partial charge in [0.2, 0.25) is 11.8 Å². The van der Waals surface area contributed by atoms with E-state index in [1.165, 1.54) is 12.8 Å². The van der Waals surface area contributed by atoms with E-state index in [-0.39, 0.29) is 23.7 Å². The number of hydrogen-bond donors (Lipinski definition) is 4. The summed E-state index contributed by atoms with van der Waals surface area (Å²) in [5.74, 6) is -0.827. The molecular formula is C21H41N3O4. The zero-order valence-electron chi connectivity index (χ0n) is 18.0. The van der Waals surface area contributed by atoms with Crippen LogP contribution in [-0.4, -0.2) is 42.0 Å². The lowest BCUT2D eigenvalue weighted by atomic mass is 10.0. The van der Waals surface area contributed by atoms with E-state index in [2.05, 4.69) is 17.6 Å². The van der Waals surface area contributed by atoms with Gasteiger partial charge in [-0.25, -0.2) is 0 Å². The fraction of sp³-hybridized carbons (Fsp3) is 0.857. The first kappa shape index (κ1) is 26.4. The van der Waals surface area contributed by atoms with Gasteiger partial charge < -0.3 is 21.5 Å². The maximum absolute atomic E-state index is 12.0. The van der Waals surface area contributed by atoms with Gasteiger partial charge in [-0.15, -0.1) is 0 Å². The Kier molecular flexibility index (Phi) is 15.4. The standard InChI is InChI=1S/C21H41N3O4/c1-4-5-6-11-16(2)19(25)23-14-9-7-12-17(3)20(26)24-15-10-8-13-18(22)21(27)28/h16-18H,4-15,22H2,1-3H3,(H,23,25)(H,24,26)(H,27,28). The van der Waals surface area contributed by atoms with Gasteiger partial charge >= 0.3 is 5.97 Å². The Morgan fingerprint density at radius 3 is 1.64 bits per heavy atom. The van der Waals surface area contributed by atoms with E-state index in [4.69, 9.17) is 10.8 Å². The Bertz CT molecular complexity index is 457. The highest BCUT2D eigenvalue weighted by Crippen LogP contribution is 2.10. The highest BCUT2D eigenvalue weighted by molar-refractivity contribution is 5.78. The molecule has 0 saturated carbocycles. The summed E-state index contributed by atoms with van der Waals surface area (Å²) < 4.78 is 0. The summed E-state index contributed by atoms with van der Waals surface area (Å²) in [6, 6.07) is -0.825. The number of carbonyl (C=O) groups is 3. The lowest BCUT2D eigenvalue weighted by Gasteiger charge is -2.14. The van der Waals surface area contributed by atoms with Crippen LogP contribution < -0.4 is 16.4 Å². The van der Waals surface area contributed by atoms with E-state index in [1.54, 1.807) is 0 Å². The van der Waals surface area contributed by atoms with Gasteiger partial charge in [0.15, 0.2) is 0 Å². The second-order valence-corrected chi connectivity index (χ2v) is 7.82. The predicted octanol–water partition coefficient (Wildman–Crippen LogP) is 2.82. The van der Waals surface area contributed by atoms with Crippen LogP contribution in [0.3, 0.4) is 0 Å². The number of amides is 2. The minimum absolute atomic E-state index is 0.0242. The summed E-state index contributed by atoms with van der Waals surface area (Å²) in [4.78, 5) is 34.6. The van der Waals surface area contributed by atoms with Crippen molar-refractivity contribution in [3.8, 4) is 0 Å². The summed E-state index contributed by atoms with van der Waals surface area (Å²) in [6.45, 7) is 7.25. The van der Waals surface area contributed by atoms with Crippen LogP contribution in [0.25, 0.3) is 0 Å². The van der Waals surface area contributed by atoms with Gasteiger partial charge in [-0.3, -0.25) is 14.4 Å². The average Bonchev–Trinajstić information content (AvgIpc) is 2.66. The highest BCUT2D eigenvalue weighted by Gasteiger charge is 2.14. The second kappa shape index (κ2) is 16.3. The van der Waals surface area contributed by atoms with Crippen molar-refractivity contribution in [2.24, 2.45) is 17.6 Å². The molecule has 0 aliphatic carbocycles. The normalized spacial score (nSPS) is 14.1. The number of nitrogens with two attached hydrogens (primary N) is 1. The molecule has 2 amide bonds.